The second-order valence-electron chi connectivity index (χ2n) is 2.94. The first-order valence-electron chi connectivity index (χ1n) is 4.31. The number of nitrogens with two attached hydrogens (primary N) is 1. The van der Waals surface area contributed by atoms with Gasteiger partial charge in [0, 0.05) is 12.4 Å². The number of aliphatic hydroxyl groups is 1. The second-order valence-corrected chi connectivity index (χ2v) is 3.31. The van der Waals surface area contributed by atoms with E-state index in [0.29, 0.717) is 5.88 Å². The number of alkyl halides is 1. The third kappa shape index (κ3) is 2.99. The summed E-state index contributed by atoms with van der Waals surface area (Å²) in [5.41, 5.74) is 7.36. The normalized spacial score (nSPS) is 12.8. The molecule has 0 fully saturated rings. The molecule has 3 N–H and O–H groups in total. The molecule has 1 aromatic carbocycles. The van der Waals surface area contributed by atoms with Gasteiger partial charge in [0.2, 0.25) is 0 Å². The molecule has 0 bridgehead atoms. The zero-order valence-corrected chi connectivity index (χ0v) is 8.17. The number of benzene rings is 1. The molecule has 1 aromatic rings. The summed E-state index contributed by atoms with van der Waals surface area (Å²) in [6.07, 6.45) is 0.266. The fourth-order valence-corrected chi connectivity index (χ4v) is 1.42. The summed E-state index contributed by atoms with van der Waals surface area (Å²) >= 11 is 5.61. The third-order valence-corrected chi connectivity index (χ3v) is 2.13. The Morgan fingerprint density at radius 2 is 2.23 bits per heavy atom. The Morgan fingerprint density at radius 3 is 2.85 bits per heavy atom. The molecule has 0 aliphatic carbocycles. The Hall–Kier alpha value is -0.570. The lowest BCUT2D eigenvalue weighted by molar-refractivity contribution is 0.186. The second kappa shape index (κ2) is 5.22. The molecule has 0 saturated heterocycles. The SMILES string of the molecule is NCC(O)c1cccc(CCCl)c1. The van der Waals surface area contributed by atoms with E-state index in [4.69, 9.17) is 17.3 Å². The Labute approximate surface area is 83.3 Å². The van der Waals surface area contributed by atoms with Gasteiger partial charge in [-0.25, -0.2) is 0 Å². The smallest absolute Gasteiger partial charge is 0.0912 e. The molecule has 0 saturated carbocycles. The van der Waals surface area contributed by atoms with Crippen LogP contribution in [0.4, 0.5) is 0 Å². The summed E-state index contributed by atoms with van der Waals surface area (Å²) in [5.74, 6) is 0.599. The van der Waals surface area contributed by atoms with E-state index >= 15 is 0 Å². The number of hydrogen-bond acceptors (Lipinski definition) is 2. The van der Waals surface area contributed by atoms with Crippen LogP contribution in [0.5, 0.6) is 0 Å². The zero-order chi connectivity index (χ0) is 9.68. The maximum absolute atomic E-state index is 9.46. The minimum atomic E-state index is -0.560. The number of aryl methyl sites for hydroxylation is 1. The molecule has 3 heteroatoms. The average molecular weight is 200 g/mol. The van der Waals surface area contributed by atoms with Crippen LogP contribution in [0.25, 0.3) is 0 Å². The van der Waals surface area contributed by atoms with Crippen molar-refractivity contribution in [3.63, 3.8) is 0 Å². The maximum atomic E-state index is 9.46. The van der Waals surface area contributed by atoms with Gasteiger partial charge >= 0.3 is 0 Å². The van der Waals surface area contributed by atoms with Crippen LogP contribution in [0.1, 0.15) is 17.2 Å². The highest BCUT2D eigenvalue weighted by Crippen LogP contribution is 2.13. The molecule has 1 rings (SSSR count). The Kier molecular flexibility index (Phi) is 4.22. The van der Waals surface area contributed by atoms with Gasteiger partial charge in [0.15, 0.2) is 0 Å². The van der Waals surface area contributed by atoms with Crippen molar-refractivity contribution in [1.29, 1.82) is 0 Å². The molecule has 2 nitrogen and oxygen atoms in total. The molecule has 72 valence electrons. The highest BCUT2D eigenvalue weighted by molar-refractivity contribution is 6.17. The van der Waals surface area contributed by atoms with Crippen LogP contribution in [0, 0.1) is 0 Å². The topological polar surface area (TPSA) is 46.2 Å². The van der Waals surface area contributed by atoms with Crippen LogP contribution in [0.15, 0.2) is 24.3 Å². The van der Waals surface area contributed by atoms with Gasteiger partial charge in [-0.1, -0.05) is 24.3 Å². The first-order chi connectivity index (χ1) is 6.27. The Balaban J connectivity index is 2.78. The number of aliphatic hydroxyl groups excluding tert-OH is 1. The van der Waals surface area contributed by atoms with Crippen molar-refractivity contribution >= 4 is 11.6 Å². The fraction of sp³-hybridized carbons (Fsp3) is 0.400. The fourth-order valence-electron chi connectivity index (χ4n) is 1.20. The molecule has 1 atom stereocenters. The standard InChI is InChI=1S/C10H14ClNO/c11-5-4-8-2-1-3-9(6-8)10(13)7-12/h1-3,6,10,13H,4-5,7,12H2. The van der Waals surface area contributed by atoms with Crippen molar-refractivity contribution < 1.29 is 5.11 Å². The van der Waals surface area contributed by atoms with E-state index in [1.165, 1.54) is 0 Å². The number of rotatable bonds is 4. The van der Waals surface area contributed by atoms with Gasteiger partial charge < -0.3 is 10.8 Å². The molecule has 0 aliphatic rings. The van der Waals surface area contributed by atoms with Gasteiger partial charge in [0.05, 0.1) is 6.10 Å². The van der Waals surface area contributed by atoms with Crippen molar-refractivity contribution in [1.82, 2.24) is 0 Å². The van der Waals surface area contributed by atoms with E-state index in [1.54, 1.807) is 0 Å². The molecular formula is C10H14ClNO. The van der Waals surface area contributed by atoms with Crippen LogP contribution < -0.4 is 5.73 Å². The van der Waals surface area contributed by atoms with Crippen molar-refractivity contribution in [3.8, 4) is 0 Å². The van der Waals surface area contributed by atoms with Gasteiger partial charge in [0.1, 0.15) is 0 Å². The highest BCUT2D eigenvalue weighted by atomic mass is 35.5. The van der Waals surface area contributed by atoms with Crippen LogP contribution in [0.3, 0.4) is 0 Å². The van der Waals surface area contributed by atoms with Gasteiger partial charge in [0.25, 0.3) is 0 Å². The summed E-state index contributed by atoms with van der Waals surface area (Å²) in [6.45, 7) is 0.254. The van der Waals surface area contributed by atoms with Crippen LogP contribution >= 0.6 is 11.6 Å². The lowest BCUT2D eigenvalue weighted by Crippen LogP contribution is -2.11. The predicted octanol–water partition coefficient (Wildman–Crippen LogP) is 1.46. The average Bonchev–Trinajstić information content (AvgIpc) is 2.18. The molecule has 0 spiro atoms. The molecule has 0 amide bonds. The summed E-state index contributed by atoms with van der Waals surface area (Å²) in [5, 5.41) is 9.46. The van der Waals surface area contributed by atoms with Crippen LogP contribution in [0.2, 0.25) is 0 Å². The summed E-state index contributed by atoms with van der Waals surface area (Å²) in [4.78, 5) is 0. The molecule has 0 radical (unpaired) electrons. The molecule has 0 heterocycles. The maximum Gasteiger partial charge on any atom is 0.0912 e. The van der Waals surface area contributed by atoms with Crippen molar-refractivity contribution in [2.45, 2.75) is 12.5 Å². The molecular weight excluding hydrogens is 186 g/mol. The van der Waals surface area contributed by atoms with Crippen molar-refractivity contribution in [3.05, 3.63) is 35.4 Å². The third-order valence-electron chi connectivity index (χ3n) is 1.94. The number of halogens is 1. The largest absolute Gasteiger partial charge is 0.387 e. The van der Waals surface area contributed by atoms with E-state index < -0.39 is 6.10 Å². The molecule has 0 aliphatic heterocycles. The summed E-state index contributed by atoms with van der Waals surface area (Å²) in [6, 6.07) is 7.72. The van der Waals surface area contributed by atoms with Crippen molar-refractivity contribution in [2.75, 3.05) is 12.4 Å². The highest BCUT2D eigenvalue weighted by Gasteiger charge is 2.04. The summed E-state index contributed by atoms with van der Waals surface area (Å²) in [7, 11) is 0. The van der Waals surface area contributed by atoms with Crippen LogP contribution in [-0.2, 0) is 6.42 Å². The van der Waals surface area contributed by atoms with Gasteiger partial charge in [-0.3, -0.25) is 0 Å². The molecule has 0 aromatic heterocycles. The van der Waals surface area contributed by atoms with Gasteiger partial charge in [-0.05, 0) is 17.5 Å². The van der Waals surface area contributed by atoms with E-state index in [2.05, 4.69) is 0 Å². The zero-order valence-electron chi connectivity index (χ0n) is 7.41. The lowest BCUT2D eigenvalue weighted by Gasteiger charge is -2.09. The predicted molar refractivity (Wildman–Crippen MR) is 54.9 cm³/mol. The lowest BCUT2D eigenvalue weighted by atomic mass is 10.0. The van der Waals surface area contributed by atoms with E-state index in [9.17, 15) is 5.11 Å². The first-order valence-corrected chi connectivity index (χ1v) is 4.84. The van der Waals surface area contributed by atoms with E-state index in [-0.39, 0.29) is 6.54 Å². The first kappa shape index (κ1) is 10.5. The molecule has 13 heavy (non-hydrogen) atoms. The quantitative estimate of drug-likeness (QED) is 0.722. The molecule has 1 unspecified atom stereocenters. The Morgan fingerprint density at radius 1 is 1.46 bits per heavy atom. The van der Waals surface area contributed by atoms with Crippen LogP contribution in [-0.4, -0.2) is 17.5 Å². The summed E-state index contributed by atoms with van der Waals surface area (Å²) < 4.78 is 0. The van der Waals surface area contributed by atoms with E-state index in [0.717, 1.165) is 17.5 Å². The van der Waals surface area contributed by atoms with Crippen molar-refractivity contribution in [2.24, 2.45) is 5.73 Å². The van der Waals surface area contributed by atoms with Gasteiger partial charge in [-0.15, -0.1) is 11.6 Å². The minimum absolute atomic E-state index is 0.254. The van der Waals surface area contributed by atoms with Gasteiger partial charge in [-0.2, -0.15) is 0 Å². The monoisotopic (exact) mass is 199 g/mol. The Bertz CT molecular complexity index is 265. The number of hydrogen-bond donors (Lipinski definition) is 2. The minimum Gasteiger partial charge on any atom is -0.387 e. The van der Waals surface area contributed by atoms with E-state index in [1.807, 2.05) is 24.3 Å².